The van der Waals surface area contributed by atoms with Gasteiger partial charge in [-0.05, 0) is 19.1 Å². The lowest BCUT2D eigenvalue weighted by molar-refractivity contribution is -0.914. The summed E-state index contributed by atoms with van der Waals surface area (Å²) in [5.74, 6) is -0.722. The first-order valence-corrected chi connectivity index (χ1v) is 11.8. The molecular formula is C28H31N2O4+. The molecule has 0 spiro atoms. The van der Waals surface area contributed by atoms with Crippen LogP contribution in [0.4, 0.5) is 5.69 Å². The van der Waals surface area contributed by atoms with Crippen LogP contribution in [0.25, 0.3) is 0 Å². The summed E-state index contributed by atoms with van der Waals surface area (Å²) in [6, 6.07) is 20.3. The number of benzene rings is 3. The molecular weight excluding hydrogens is 428 g/mol. The fraction of sp³-hybridized carbons (Fsp3) is 0.286. The van der Waals surface area contributed by atoms with Crippen LogP contribution in [0.3, 0.4) is 0 Å². The second kappa shape index (κ2) is 11.1. The molecule has 0 aliphatic heterocycles. The Labute approximate surface area is 200 Å². The predicted octanol–water partition coefficient (Wildman–Crippen LogP) is 3.09. The van der Waals surface area contributed by atoms with E-state index < -0.39 is 0 Å². The zero-order chi connectivity index (χ0) is 23.9. The molecule has 3 N–H and O–H groups in total. The molecule has 4 rings (SSSR count). The Morgan fingerprint density at radius 2 is 1.53 bits per heavy atom. The van der Waals surface area contributed by atoms with Gasteiger partial charge in [-0.3, -0.25) is 9.59 Å². The summed E-state index contributed by atoms with van der Waals surface area (Å²) in [4.78, 5) is 27.6. The number of carbonyl (C=O) groups excluding carboxylic acids is 2. The van der Waals surface area contributed by atoms with Crippen molar-refractivity contribution in [1.82, 2.24) is 0 Å². The summed E-state index contributed by atoms with van der Waals surface area (Å²) in [5.41, 5.74) is 2.93. The van der Waals surface area contributed by atoms with Crippen molar-refractivity contribution < 1.29 is 24.3 Å². The van der Waals surface area contributed by atoms with E-state index in [-0.39, 0.29) is 28.4 Å². The van der Waals surface area contributed by atoms with Crippen molar-refractivity contribution in [3.05, 3.63) is 94.5 Å². The Morgan fingerprint density at radius 1 is 0.853 bits per heavy atom. The quantitative estimate of drug-likeness (QED) is 0.237. The number of rotatable bonds is 11. The molecule has 1 unspecified atom stereocenters. The van der Waals surface area contributed by atoms with Gasteiger partial charge in [0.05, 0.1) is 24.3 Å². The number of ketones is 2. The molecule has 1 atom stereocenters. The molecule has 0 amide bonds. The Balaban J connectivity index is 1.43. The minimum absolute atomic E-state index is 0.0849. The smallest absolute Gasteiger partial charge is 0.198 e. The summed E-state index contributed by atoms with van der Waals surface area (Å²) in [6.07, 6.45) is 0.878. The van der Waals surface area contributed by atoms with E-state index in [9.17, 15) is 14.7 Å². The van der Waals surface area contributed by atoms with Gasteiger partial charge in [0, 0.05) is 42.0 Å². The largest absolute Gasteiger partial charge is 0.507 e. The van der Waals surface area contributed by atoms with Gasteiger partial charge < -0.3 is 20.1 Å². The Bertz CT molecular complexity index is 1160. The third-order valence-corrected chi connectivity index (χ3v) is 6.18. The summed E-state index contributed by atoms with van der Waals surface area (Å²) in [6.45, 7) is 6.85. The van der Waals surface area contributed by atoms with Crippen LogP contribution in [-0.4, -0.2) is 49.5 Å². The molecule has 0 bridgehead atoms. The minimum atomic E-state index is -0.319. The number of hydrogen-bond donors (Lipinski definition) is 3. The summed E-state index contributed by atoms with van der Waals surface area (Å²) < 4.78 is 5.57. The van der Waals surface area contributed by atoms with Crippen molar-refractivity contribution >= 4 is 17.3 Å². The van der Waals surface area contributed by atoms with Crippen LogP contribution < -0.4 is 10.2 Å². The van der Waals surface area contributed by atoms with Gasteiger partial charge in [-0.15, -0.1) is 0 Å². The highest BCUT2D eigenvalue weighted by atomic mass is 16.5. The van der Waals surface area contributed by atoms with Gasteiger partial charge in [0.2, 0.25) is 0 Å². The van der Waals surface area contributed by atoms with E-state index in [0.717, 1.165) is 26.1 Å². The number of ether oxygens (including phenoxy) is 1. The van der Waals surface area contributed by atoms with Crippen LogP contribution in [0, 0.1) is 0 Å². The van der Waals surface area contributed by atoms with Gasteiger partial charge >= 0.3 is 0 Å². The molecule has 176 valence electrons. The molecule has 0 radical (unpaired) electrons. The lowest BCUT2D eigenvalue weighted by Crippen LogP contribution is -3.11. The van der Waals surface area contributed by atoms with E-state index in [0.29, 0.717) is 36.6 Å². The molecule has 0 saturated heterocycles. The first-order chi connectivity index (χ1) is 16.6. The SMILES string of the molecule is CCOCC[NH+](CCCNc1ccc(O)c2c1C(=O)c1ccccc1C2=O)Cc1ccccc1. The lowest BCUT2D eigenvalue weighted by Gasteiger charge is -2.22. The van der Waals surface area contributed by atoms with Crippen LogP contribution in [0.15, 0.2) is 66.7 Å². The van der Waals surface area contributed by atoms with E-state index in [1.54, 1.807) is 30.3 Å². The van der Waals surface area contributed by atoms with Crippen molar-refractivity contribution in [3.8, 4) is 5.75 Å². The third-order valence-electron chi connectivity index (χ3n) is 6.18. The molecule has 3 aromatic carbocycles. The van der Waals surface area contributed by atoms with Gasteiger partial charge in [-0.2, -0.15) is 0 Å². The lowest BCUT2D eigenvalue weighted by atomic mass is 9.82. The number of nitrogens with one attached hydrogen (secondary N) is 2. The third kappa shape index (κ3) is 5.19. The normalized spacial score (nSPS) is 13.3. The van der Waals surface area contributed by atoms with Gasteiger partial charge in [-0.25, -0.2) is 0 Å². The first-order valence-electron chi connectivity index (χ1n) is 11.8. The first kappa shape index (κ1) is 23.7. The molecule has 1 aliphatic carbocycles. The van der Waals surface area contributed by atoms with Crippen molar-refractivity contribution in [3.63, 3.8) is 0 Å². The number of aromatic hydroxyl groups is 1. The molecule has 0 heterocycles. The monoisotopic (exact) mass is 459 g/mol. The van der Waals surface area contributed by atoms with Crippen LogP contribution in [0.2, 0.25) is 0 Å². The predicted molar refractivity (Wildman–Crippen MR) is 132 cm³/mol. The van der Waals surface area contributed by atoms with E-state index in [2.05, 4.69) is 29.6 Å². The van der Waals surface area contributed by atoms with Gasteiger partial charge in [0.1, 0.15) is 18.8 Å². The Kier molecular flexibility index (Phi) is 7.72. The molecule has 6 heteroatoms. The molecule has 3 aromatic rings. The van der Waals surface area contributed by atoms with Crippen LogP contribution in [-0.2, 0) is 11.3 Å². The van der Waals surface area contributed by atoms with E-state index >= 15 is 0 Å². The highest BCUT2D eigenvalue weighted by Gasteiger charge is 2.33. The van der Waals surface area contributed by atoms with Crippen molar-refractivity contribution in [2.45, 2.75) is 19.9 Å². The van der Waals surface area contributed by atoms with Crippen molar-refractivity contribution in [1.29, 1.82) is 0 Å². The second-order valence-corrected chi connectivity index (χ2v) is 8.48. The van der Waals surface area contributed by atoms with E-state index in [1.807, 2.05) is 13.0 Å². The van der Waals surface area contributed by atoms with E-state index in [1.165, 1.54) is 16.5 Å². The Hall–Kier alpha value is -3.48. The van der Waals surface area contributed by atoms with Gasteiger partial charge in [-0.1, -0.05) is 54.6 Å². The maximum atomic E-state index is 13.2. The number of quaternary nitrogens is 1. The van der Waals surface area contributed by atoms with Crippen LogP contribution in [0.5, 0.6) is 5.75 Å². The number of carbonyl (C=O) groups is 2. The molecule has 1 aliphatic rings. The average Bonchev–Trinajstić information content (AvgIpc) is 2.86. The number of hydrogen-bond acceptors (Lipinski definition) is 5. The summed E-state index contributed by atoms with van der Waals surface area (Å²) in [7, 11) is 0. The number of phenolic OH excluding ortho intramolecular Hbond substituents is 1. The van der Waals surface area contributed by atoms with Gasteiger partial charge in [0.25, 0.3) is 0 Å². The Morgan fingerprint density at radius 3 is 2.24 bits per heavy atom. The zero-order valence-corrected chi connectivity index (χ0v) is 19.5. The standard InChI is InChI=1S/C28H30N2O4/c1-2-34-18-17-30(19-20-9-4-3-5-10-20)16-8-15-29-23-13-14-24(31)26-25(23)27(32)21-11-6-7-12-22(21)28(26)33/h3-7,9-14,29,31H,2,8,15-19H2,1H3/p+1. The fourth-order valence-electron chi connectivity index (χ4n) is 4.46. The number of anilines is 1. The van der Waals surface area contributed by atoms with Crippen LogP contribution in [0.1, 0.15) is 50.8 Å². The van der Waals surface area contributed by atoms with Crippen molar-refractivity contribution in [2.24, 2.45) is 0 Å². The highest BCUT2D eigenvalue weighted by molar-refractivity contribution is 6.31. The minimum Gasteiger partial charge on any atom is -0.507 e. The van der Waals surface area contributed by atoms with E-state index in [4.69, 9.17) is 4.74 Å². The maximum absolute atomic E-state index is 13.2. The van der Waals surface area contributed by atoms with Crippen LogP contribution >= 0.6 is 0 Å². The summed E-state index contributed by atoms with van der Waals surface area (Å²) in [5, 5.41) is 13.7. The van der Waals surface area contributed by atoms with Gasteiger partial charge in [0.15, 0.2) is 11.6 Å². The average molecular weight is 460 g/mol. The highest BCUT2D eigenvalue weighted by Crippen LogP contribution is 2.36. The molecule has 34 heavy (non-hydrogen) atoms. The molecule has 6 nitrogen and oxygen atoms in total. The van der Waals surface area contributed by atoms with Crippen molar-refractivity contribution in [2.75, 3.05) is 38.2 Å². The zero-order valence-electron chi connectivity index (χ0n) is 19.5. The second-order valence-electron chi connectivity index (χ2n) is 8.48. The molecule has 0 aromatic heterocycles. The molecule has 0 fully saturated rings. The topological polar surface area (TPSA) is 80.1 Å². The number of fused-ring (bicyclic) bond motifs is 2. The number of phenols is 1. The summed E-state index contributed by atoms with van der Waals surface area (Å²) >= 11 is 0. The molecule has 0 saturated carbocycles. The fourth-order valence-corrected chi connectivity index (χ4v) is 4.46. The maximum Gasteiger partial charge on any atom is 0.198 e.